The molecule has 3 heteroatoms. The number of aryl methyl sites for hydroxylation is 1. The number of carbonyl (C=O) groups excluding carboxylic acids is 1. The summed E-state index contributed by atoms with van der Waals surface area (Å²) >= 11 is 0. The van der Waals surface area contributed by atoms with Crippen LogP contribution in [0.3, 0.4) is 0 Å². The maximum atomic E-state index is 11.8. The first-order chi connectivity index (χ1) is 7.99. The molecule has 17 heavy (non-hydrogen) atoms. The Hall–Kier alpha value is -1.82. The van der Waals surface area contributed by atoms with Gasteiger partial charge in [-0.1, -0.05) is 12.1 Å². The lowest BCUT2D eigenvalue weighted by atomic mass is 9.87. The van der Waals surface area contributed by atoms with E-state index < -0.39 is 5.41 Å². The number of hydrogen-bond donors (Lipinski definition) is 0. The summed E-state index contributed by atoms with van der Waals surface area (Å²) in [5.74, 6) is 0.761. The lowest BCUT2D eigenvalue weighted by Crippen LogP contribution is -2.22. The molecule has 0 radical (unpaired) electrons. The number of Topliss-reactive ketones (excluding diaryl/α,β-unsaturated/α-hetero) is 1. The van der Waals surface area contributed by atoms with Gasteiger partial charge in [-0.15, -0.1) is 0 Å². The fraction of sp³-hybridized carbons (Fsp3) is 0.429. The van der Waals surface area contributed by atoms with E-state index in [1.165, 1.54) is 0 Å². The normalized spacial score (nSPS) is 10.7. The zero-order valence-corrected chi connectivity index (χ0v) is 10.5. The van der Waals surface area contributed by atoms with Crippen LogP contribution >= 0.6 is 0 Å². The van der Waals surface area contributed by atoms with Crippen molar-refractivity contribution < 1.29 is 9.53 Å². The highest BCUT2D eigenvalue weighted by Crippen LogP contribution is 2.19. The van der Waals surface area contributed by atoms with Crippen molar-refractivity contribution in [3.8, 4) is 11.8 Å². The minimum Gasteiger partial charge on any atom is -0.497 e. The minimum absolute atomic E-state index is 0.0252. The van der Waals surface area contributed by atoms with Crippen molar-refractivity contribution in [3.63, 3.8) is 0 Å². The van der Waals surface area contributed by atoms with E-state index in [1.807, 2.05) is 30.3 Å². The summed E-state index contributed by atoms with van der Waals surface area (Å²) in [6, 6.07) is 9.65. The van der Waals surface area contributed by atoms with Crippen LogP contribution in [0.4, 0.5) is 0 Å². The van der Waals surface area contributed by atoms with Crippen LogP contribution in [-0.2, 0) is 11.2 Å². The minimum atomic E-state index is -0.890. The van der Waals surface area contributed by atoms with E-state index in [2.05, 4.69) is 0 Å². The molecule has 0 aliphatic rings. The first kappa shape index (κ1) is 13.2. The van der Waals surface area contributed by atoms with Gasteiger partial charge in [-0.05, 0) is 38.0 Å². The van der Waals surface area contributed by atoms with E-state index in [4.69, 9.17) is 10.00 Å². The zero-order chi connectivity index (χ0) is 12.9. The van der Waals surface area contributed by atoms with E-state index >= 15 is 0 Å². The standard InChI is InChI=1S/C14H17NO2/c1-14(2,10-15)13(16)8-7-11-5-4-6-12(9-11)17-3/h4-6,9H,7-8H2,1-3H3. The van der Waals surface area contributed by atoms with Gasteiger partial charge in [-0.25, -0.2) is 0 Å². The third-order valence-corrected chi connectivity index (χ3v) is 2.75. The Morgan fingerprint density at radius 1 is 1.47 bits per heavy atom. The molecule has 0 saturated carbocycles. The topological polar surface area (TPSA) is 50.1 Å². The summed E-state index contributed by atoms with van der Waals surface area (Å²) in [5, 5.41) is 8.85. The number of rotatable bonds is 5. The molecule has 0 unspecified atom stereocenters. The molecule has 0 aliphatic heterocycles. The van der Waals surface area contributed by atoms with E-state index in [0.717, 1.165) is 11.3 Å². The number of nitriles is 1. The third kappa shape index (κ3) is 3.60. The highest BCUT2D eigenvalue weighted by Gasteiger charge is 2.26. The number of benzene rings is 1. The molecule has 3 nitrogen and oxygen atoms in total. The van der Waals surface area contributed by atoms with Gasteiger partial charge < -0.3 is 4.74 Å². The lowest BCUT2D eigenvalue weighted by molar-refractivity contribution is -0.124. The molecule has 0 spiro atoms. The molecule has 0 saturated heterocycles. The van der Waals surface area contributed by atoms with Crippen molar-refractivity contribution in [2.75, 3.05) is 7.11 Å². The molecule has 0 fully saturated rings. The molecular formula is C14H17NO2. The molecule has 90 valence electrons. The van der Waals surface area contributed by atoms with Crippen molar-refractivity contribution in [1.82, 2.24) is 0 Å². The first-order valence-corrected chi connectivity index (χ1v) is 5.57. The van der Waals surface area contributed by atoms with Gasteiger partial charge in [0.1, 0.15) is 11.2 Å². The van der Waals surface area contributed by atoms with Crippen LogP contribution in [0.25, 0.3) is 0 Å². The first-order valence-electron chi connectivity index (χ1n) is 5.57. The molecule has 0 N–H and O–H groups in total. The van der Waals surface area contributed by atoms with Crippen LogP contribution in [-0.4, -0.2) is 12.9 Å². The molecule has 0 bridgehead atoms. The molecule has 1 rings (SSSR count). The van der Waals surface area contributed by atoms with Crippen molar-refractivity contribution in [2.24, 2.45) is 5.41 Å². The zero-order valence-electron chi connectivity index (χ0n) is 10.5. The van der Waals surface area contributed by atoms with Crippen molar-refractivity contribution in [2.45, 2.75) is 26.7 Å². The molecular weight excluding hydrogens is 214 g/mol. The molecule has 0 amide bonds. The quantitative estimate of drug-likeness (QED) is 0.782. The number of nitrogens with zero attached hydrogens (tertiary/aromatic N) is 1. The Balaban J connectivity index is 2.62. The van der Waals surface area contributed by atoms with Gasteiger partial charge in [-0.3, -0.25) is 4.79 Å². The number of methoxy groups -OCH3 is 1. The van der Waals surface area contributed by atoms with Gasteiger partial charge in [0.2, 0.25) is 0 Å². The van der Waals surface area contributed by atoms with Crippen molar-refractivity contribution >= 4 is 5.78 Å². The summed E-state index contributed by atoms with van der Waals surface area (Å²) in [4.78, 5) is 11.8. The van der Waals surface area contributed by atoms with Crippen molar-refractivity contribution in [3.05, 3.63) is 29.8 Å². The number of ether oxygens (including phenoxy) is 1. The van der Waals surface area contributed by atoms with Gasteiger partial charge >= 0.3 is 0 Å². The van der Waals surface area contributed by atoms with E-state index in [-0.39, 0.29) is 5.78 Å². The Bertz CT molecular complexity index is 444. The highest BCUT2D eigenvalue weighted by molar-refractivity contribution is 5.86. The van der Waals surface area contributed by atoms with Gasteiger partial charge in [0.05, 0.1) is 13.2 Å². The SMILES string of the molecule is COc1cccc(CCC(=O)C(C)(C)C#N)c1. The average molecular weight is 231 g/mol. The van der Waals surface area contributed by atoms with Crippen LogP contribution in [0, 0.1) is 16.7 Å². The maximum absolute atomic E-state index is 11.8. The Morgan fingerprint density at radius 3 is 2.76 bits per heavy atom. The number of hydrogen-bond acceptors (Lipinski definition) is 3. The van der Waals surface area contributed by atoms with E-state index in [9.17, 15) is 4.79 Å². The fourth-order valence-corrected chi connectivity index (χ4v) is 1.46. The Morgan fingerprint density at radius 2 is 2.18 bits per heavy atom. The molecule has 0 atom stereocenters. The molecule has 0 heterocycles. The Kier molecular flexibility index (Phi) is 4.28. The predicted molar refractivity (Wildman–Crippen MR) is 65.7 cm³/mol. The summed E-state index contributed by atoms with van der Waals surface area (Å²) in [7, 11) is 1.61. The van der Waals surface area contributed by atoms with Crippen LogP contribution in [0.5, 0.6) is 5.75 Å². The third-order valence-electron chi connectivity index (χ3n) is 2.75. The average Bonchev–Trinajstić information content (AvgIpc) is 2.36. The Labute approximate surface area is 102 Å². The van der Waals surface area contributed by atoms with Gasteiger partial charge in [0.15, 0.2) is 5.78 Å². The van der Waals surface area contributed by atoms with E-state index in [0.29, 0.717) is 12.8 Å². The molecule has 0 aromatic heterocycles. The highest BCUT2D eigenvalue weighted by atomic mass is 16.5. The van der Waals surface area contributed by atoms with Crippen LogP contribution in [0.1, 0.15) is 25.8 Å². The summed E-state index contributed by atoms with van der Waals surface area (Å²) in [5.41, 5.74) is 0.158. The smallest absolute Gasteiger partial charge is 0.152 e. The van der Waals surface area contributed by atoms with Gasteiger partial charge in [0.25, 0.3) is 0 Å². The maximum Gasteiger partial charge on any atom is 0.152 e. The van der Waals surface area contributed by atoms with Crippen LogP contribution in [0.2, 0.25) is 0 Å². The van der Waals surface area contributed by atoms with E-state index in [1.54, 1.807) is 21.0 Å². The van der Waals surface area contributed by atoms with Crippen molar-refractivity contribution in [1.29, 1.82) is 5.26 Å². The fourth-order valence-electron chi connectivity index (χ4n) is 1.46. The van der Waals surface area contributed by atoms with Crippen LogP contribution < -0.4 is 4.74 Å². The number of carbonyl (C=O) groups is 1. The molecule has 0 aliphatic carbocycles. The predicted octanol–water partition coefficient (Wildman–Crippen LogP) is 2.75. The molecule has 1 aromatic carbocycles. The monoisotopic (exact) mass is 231 g/mol. The summed E-state index contributed by atoms with van der Waals surface area (Å²) < 4.78 is 5.11. The second-order valence-electron chi connectivity index (χ2n) is 4.51. The largest absolute Gasteiger partial charge is 0.497 e. The summed E-state index contributed by atoms with van der Waals surface area (Å²) in [6.45, 7) is 3.31. The van der Waals surface area contributed by atoms with Crippen LogP contribution in [0.15, 0.2) is 24.3 Å². The summed E-state index contributed by atoms with van der Waals surface area (Å²) in [6.07, 6.45) is 1.02. The number of ketones is 1. The second-order valence-corrected chi connectivity index (χ2v) is 4.51. The second kappa shape index (κ2) is 5.49. The molecule has 1 aromatic rings. The van der Waals surface area contributed by atoms with Gasteiger partial charge in [-0.2, -0.15) is 5.26 Å². The van der Waals surface area contributed by atoms with Gasteiger partial charge in [0, 0.05) is 6.42 Å². The lowest BCUT2D eigenvalue weighted by Gasteiger charge is -2.13.